The number of ether oxygens (including phenoxy) is 1. The summed E-state index contributed by atoms with van der Waals surface area (Å²) in [6.07, 6.45) is 1.12. The molecule has 0 saturated heterocycles. The fraction of sp³-hybridized carbons (Fsp3) is 0.538. The Balaban J connectivity index is 2.87. The van der Waals surface area contributed by atoms with E-state index in [0.717, 1.165) is 31.6 Å². The molecule has 0 fully saturated rings. The van der Waals surface area contributed by atoms with Crippen molar-refractivity contribution >= 4 is 11.6 Å². The van der Waals surface area contributed by atoms with Crippen molar-refractivity contribution < 1.29 is 9.84 Å². The van der Waals surface area contributed by atoms with Gasteiger partial charge in [-0.2, -0.15) is 0 Å². The molecule has 0 bridgehead atoms. The summed E-state index contributed by atoms with van der Waals surface area (Å²) in [7, 11) is 1.53. The molecule has 0 amide bonds. The first-order valence-corrected chi connectivity index (χ1v) is 6.27. The summed E-state index contributed by atoms with van der Waals surface area (Å²) in [5.74, 6) is 0.441. The summed E-state index contributed by atoms with van der Waals surface area (Å²) in [5.41, 5.74) is 1.06. The Bertz CT molecular complexity index is 369. The first kappa shape index (κ1) is 14.1. The van der Waals surface area contributed by atoms with Crippen LogP contribution in [-0.4, -0.2) is 30.2 Å². The Kier molecular flexibility index (Phi) is 5.59. The van der Waals surface area contributed by atoms with Gasteiger partial charge in [-0.3, -0.25) is 4.90 Å². The van der Waals surface area contributed by atoms with Gasteiger partial charge in [0.15, 0.2) is 11.5 Å². The van der Waals surface area contributed by atoms with Crippen LogP contribution in [0.15, 0.2) is 12.1 Å². The summed E-state index contributed by atoms with van der Waals surface area (Å²) in [5, 5.41) is 9.99. The van der Waals surface area contributed by atoms with E-state index in [-0.39, 0.29) is 5.75 Å². The highest BCUT2D eigenvalue weighted by Crippen LogP contribution is 2.35. The first-order valence-electron chi connectivity index (χ1n) is 5.90. The number of phenolic OH excluding ortho intramolecular Hbond substituents is 1. The molecule has 4 heteroatoms. The van der Waals surface area contributed by atoms with Gasteiger partial charge in [0.2, 0.25) is 0 Å². The Morgan fingerprint density at radius 3 is 2.59 bits per heavy atom. The van der Waals surface area contributed by atoms with Crippen molar-refractivity contribution in [3.05, 3.63) is 22.7 Å². The maximum atomic E-state index is 9.65. The number of benzene rings is 1. The topological polar surface area (TPSA) is 32.7 Å². The van der Waals surface area contributed by atoms with Crippen molar-refractivity contribution in [2.75, 3.05) is 20.2 Å². The maximum Gasteiger partial charge on any atom is 0.176 e. The number of rotatable bonds is 6. The van der Waals surface area contributed by atoms with Crippen LogP contribution in [0.5, 0.6) is 11.5 Å². The largest absolute Gasteiger partial charge is 0.503 e. The lowest BCUT2D eigenvalue weighted by Gasteiger charge is -2.20. The van der Waals surface area contributed by atoms with Crippen molar-refractivity contribution in [3.63, 3.8) is 0 Å². The van der Waals surface area contributed by atoms with E-state index in [4.69, 9.17) is 16.3 Å². The predicted octanol–water partition coefficient (Wildman–Crippen LogP) is 3.29. The molecule has 1 aromatic carbocycles. The second kappa shape index (κ2) is 6.72. The second-order valence-electron chi connectivity index (χ2n) is 4.00. The van der Waals surface area contributed by atoms with E-state index in [1.54, 1.807) is 6.07 Å². The van der Waals surface area contributed by atoms with Crippen molar-refractivity contribution in [1.82, 2.24) is 4.90 Å². The van der Waals surface area contributed by atoms with Crippen LogP contribution in [0, 0.1) is 0 Å². The number of methoxy groups -OCH3 is 1. The molecule has 17 heavy (non-hydrogen) atoms. The zero-order valence-corrected chi connectivity index (χ0v) is 11.4. The molecule has 0 saturated carbocycles. The summed E-state index contributed by atoms with van der Waals surface area (Å²) in [6, 6.07) is 3.62. The SMILES string of the molecule is CCCN(CC)Cc1cc(Cl)c(O)c(OC)c1. The van der Waals surface area contributed by atoms with Crippen LogP contribution in [0.4, 0.5) is 0 Å². The van der Waals surface area contributed by atoms with Gasteiger partial charge in [-0.1, -0.05) is 25.4 Å². The highest BCUT2D eigenvalue weighted by atomic mass is 35.5. The fourth-order valence-electron chi connectivity index (χ4n) is 1.80. The molecule has 1 aromatic rings. The third-order valence-electron chi connectivity index (χ3n) is 2.70. The van der Waals surface area contributed by atoms with Gasteiger partial charge in [0.05, 0.1) is 12.1 Å². The lowest BCUT2D eigenvalue weighted by atomic mass is 10.2. The molecule has 0 unspecified atom stereocenters. The molecule has 3 nitrogen and oxygen atoms in total. The molecule has 0 radical (unpaired) electrons. The molecule has 0 aliphatic rings. The first-order chi connectivity index (χ1) is 8.12. The molecule has 96 valence electrons. The lowest BCUT2D eigenvalue weighted by Crippen LogP contribution is -2.23. The van der Waals surface area contributed by atoms with Crippen molar-refractivity contribution in [1.29, 1.82) is 0 Å². The van der Waals surface area contributed by atoms with Crippen LogP contribution in [0.1, 0.15) is 25.8 Å². The van der Waals surface area contributed by atoms with Gasteiger partial charge in [0, 0.05) is 6.54 Å². The minimum Gasteiger partial charge on any atom is -0.503 e. The number of hydrogen-bond donors (Lipinski definition) is 1. The van der Waals surface area contributed by atoms with Crippen LogP contribution in [0.3, 0.4) is 0 Å². The van der Waals surface area contributed by atoms with E-state index in [0.29, 0.717) is 10.8 Å². The molecule has 0 atom stereocenters. The minimum absolute atomic E-state index is 0.0106. The molecule has 0 aliphatic carbocycles. The molecule has 1 N–H and O–H groups in total. The Hall–Kier alpha value is -0.930. The van der Waals surface area contributed by atoms with E-state index in [1.165, 1.54) is 7.11 Å². The molecule has 0 spiro atoms. The van der Waals surface area contributed by atoms with Gasteiger partial charge in [-0.05, 0) is 37.2 Å². The minimum atomic E-state index is 0.0106. The molecular formula is C13H20ClNO2. The number of nitrogens with zero attached hydrogens (tertiary/aromatic N) is 1. The van der Waals surface area contributed by atoms with E-state index in [2.05, 4.69) is 18.7 Å². The van der Waals surface area contributed by atoms with Gasteiger partial charge in [-0.25, -0.2) is 0 Å². The third-order valence-corrected chi connectivity index (χ3v) is 2.99. The summed E-state index contributed by atoms with van der Waals surface area (Å²) in [6.45, 7) is 7.16. The normalized spacial score (nSPS) is 10.9. The van der Waals surface area contributed by atoms with Gasteiger partial charge in [0.25, 0.3) is 0 Å². The number of phenols is 1. The van der Waals surface area contributed by atoms with Crippen molar-refractivity contribution in [2.45, 2.75) is 26.8 Å². The number of hydrogen-bond acceptors (Lipinski definition) is 3. The standard InChI is InChI=1S/C13H20ClNO2/c1-4-6-15(5-2)9-10-7-11(14)13(16)12(8-10)17-3/h7-8,16H,4-6,9H2,1-3H3. The highest BCUT2D eigenvalue weighted by Gasteiger charge is 2.10. The molecule has 0 heterocycles. The third kappa shape index (κ3) is 3.79. The quantitative estimate of drug-likeness (QED) is 0.849. The fourth-order valence-corrected chi connectivity index (χ4v) is 2.03. The predicted molar refractivity (Wildman–Crippen MR) is 70.9 cm³/mol. The van der Waals surface area contributed by atoms with Gasteiger partial charge in [0.1, 0.15) is 0 Å². The van der Waals surface area contributed by atoms with E-state index < -0.39 is 0 Å². The smallest absolute Gasteiger partial charge is 0.176 e. The van der Waals surface area contributed by atoms with Crippen molar-refractivity contribution in [2.24, 2.45) is 0 Å². The number of halogens is 1. The zero-order chi connectivity index (χ0) is 12.8. The van der Waals surface area contributed by atoms with Gasteiger partial charge in [-0.15, -0.1) is 0 Å². The molecule has 1 rings (SSSR count). The van der Waals surface area contributed by atoms with E-state index in [9.17, 15) is 5.11 Å². The molecule has 0 aliphatic heterocycles. The Morgan fingerprint density at radius 1 is 1.35 bits per heavy atom. The van der Waals surface area contributed by atoms with E-state index >= 15 is 0 Å². The highest BCUT2D eigenvalue weighted by molar-refractivity contribution is 6.32. The van der Waals surface area contributed by atoms with E-state index in [1.807, 2.05) is 6.07 Å². The monoisotopic (exact) mass is 257 g/mol. The Morgan fingerprint density at radius 2 is 2.06 bits per heavy atom. The maximum absolute atomic E-state index is 9.65. The average Bonchev–Trinajstić information content (AvgIpc) is 2.32. The van der Waals surface area contributed by atoms with Crippen LogP contribution in [-0.2, 0) is 6.54 Å². The second-order valence-corrected chi connectivity index (χ2v) is 4.40. The lowest BCUT2D eigenvalue weighted by molar-refractivity contribution is 0.280. The summed E-state index contributed by atoms with van der Waals surface area (Å²) in [4.78, 5) is 2.32. The van der Waals surface area contributed by atoms with Crippen LogP contribution in [0.2, 0.25) is 5.02 Å². The summed E-state index contributed by atoms with van der Waals surface area (Å²) < 4.78 is 5.09. The van der Waals surface area contributed by atoms with Crippen LogP contribution < -0.4 is 4.74 Å². The molecular weight excluding hydrogens is 238 g/mol. The number of aromatic hydroxyl groups is 1. The van der Waals surface area contributed by atoms with Crippen LogP contribution in [0.25, 0.3) is 0 Å². The van der Waals surface area contributed by atoms with Gasteiger partial charge >= 0.3 is 0 Å². The average molecular weight is 258 g/mol. The summed E-state index contributed by atoms with van der Waals surface area (Å²) >= 11 is 5.95. The van der Waals surface area contributed by atoms with Crippen LogP contribution >= 0.6 is 11.6 Å². The Labute approximate surface area is 108 Å². The molecule has 0 aromatic heterocycles. The van der Waals surface area contributed by atoms with Crippen molar-refractivity contribution in [3.8, 4) is 11.5 Å². The van der Waals surface area contributed by atoms with Gasteiger partial charge < -0.3 is 9.84 Å². The zero-order valence-electron chi connectivity index (χ0n) is 10.7.